The first-order chi connectivity index (χ1) is 20.5. The Labute approximate surface area is 254 Å². The van der Waals surface area contributed by atoms with Gasteiger partial charge in [-0.15, -0.1) is 0 Å². The van der Waals surface area contributed by atoms with Crippen molar-refractivity contribution in [3.05, 3.63) is 75.2 Å². The molecule has 0 unspecified atom stereocenters. The molecule has 1 fully saturated rings. The topological polar surface area (TPSA) is 198 Å². The summed E-state index contributed by atoms with van der Waals surface area (Å²) in [6.07, 6.45) is 0.782. The maximum Gasteiger partial charge on any atom is 0.261 e. The van der Waals surface area contributed by atoms with Crippen LogP contribution in [0.3, 0.4) is 0 Å². The van der Waals surface area contributed by atoms with Crippen molar-refractivity contribution in [1.82, 2.24) is 19.9 Å². The van der Waals surface area contributed by atoms with E-state index in [1.807, 2.05) is 13.0 Å². The first-order valence-electron chi connectivity index (χ1n) is 13.6. The lowest BCUT2D eigenvalue weighted by molar-refractivity contribution is 0.122. The number of anilines is 2. The van der Waals surface area contributed by atoms with Gasteiger partial charge in [0, 0.05) is 50.6 Å². The second-order valence-corrected chi connectivity index (χ2v) is 10.6. The monoisotopic (exact) mass is 608 g/mol. The Morgan fingerprint density at radius 1 is 1.26 bits per heavy atom. The summed E-state index contributed by atoms with van der Waals surface area (Å²) >= 11 is 6.05. The minimum atomic E-state index is -0.792. The second kappa shape index (κ2) is 14.1. The number of morpholine rings is 1. The number of aliphatic hydroxyl groups is 1. The third-order valence-corrected chi connectivity index (χ3v) is 6.95. The molecule has 5 rings (SSSR count). The average molecular weight is 609 g/mol. The van der Waals surface area contributed by atoms with Crippen LogP contribution in [0.2, 0.25) is 5.02 Å². The number of hydrogen-bond acceptors (Lipinski definition) is 7. The summed E-state index contributed by atoms with van der Waals surface area (Å²) in [5.41, 5.74) is 15.2. The van der Waals surface area contributed by atoms with Crippen LogP contribution in [0, 0.1) is 12.3 Å². The fourth-order valence-corrected chi connectivity index (χ4v) is 4.71. The summed E-state index contributed by atoms with van der Waals surface area (Å²) in [7, 11) is 3.38. The van der Waals surface area contributed by atoms with Crippen LogP contribution in [-0.4, -0.2) is 83.8 Å². The van der Waals surface area contributed by atoms with E-state index in [2.05, 4.69) is 37.3 Å². The number of aryl methyl sites for hydroxylation is 1. The molecule has 14 heteroatoms. The quantitative estimate of drug-likeness (QED) is 0.127. The zero-order valence-electron chi connectivity index (χ0n) is 24.3. The number of pyridine rings is 1. The molecule has 228 valence electrons. The van der Waals surface area contributed by atoms with Crippen molar-refractivity contribution in [1.29, 1.82) is 5.41 Å². The third kappa shape index (κ3) is 8.03. The van der Waals surface area contributed by atoms with Crippen molar-refractivity contribution < 1.29 is 9.84 Å². The van der Waals surface area contributed by atoms with Gasteiger partial charge in [0.2, 0.25) is 5.96 Å². The number of aliphatic hydroxyl groups excluding tert-OH is 1. The standard InChI is InChI=1S/C25H26ClN5O3.C4H11N5/c1-15-11-18(31-7-9-34-10-8-31)13-20-23(15)30-24(29-20)22-19(5-6-27-25(22)33)28-14-21(32)16-3-2-4-17(26)12-16;1-9(2)4(7)8-3(5)6/h2-6,11-13,21,32H,7-10,14H2,1H3,(H,29,30)(H2,27,28,33);1-2H3,(H5,5,6,7,8)/t21-;/m1./s1. The van der Waals surface area contributed by atoms with Crippen molar-refractivity contribution in [2.45, 2.75) is 13.0 Å². The molecule has 4 aromatic rings. The van der Waals surface area contributed by atoms with E-state index < -0.39 is 6.10 Å². The molecule has 0 amide bonds. The Balaban J connectivity index is 0.000000410. The van der Waals surface area contributed by atoms with Gasteiger partial charge < -0.3 is 46.4 Å². The molecule has 2 aromatic heterocycles. The molecule has 0 aliphatic carbocycles. The minimum Gasteiger partial charge on any atom is -0.387 e. The predicted molar refractivity (Wildman–Crippen MR) is 172 cm³/mol. The van der Waals surface area contributed by atoms with Gasteiger partial charge in [-0.2, -0.15) is 4.99 Å². The molecule has 1 aliphatic rings. The number of fused-ring (bicyclic) bond motifs is 1. The van der Waals surface area contributed by atoms with Gasteiger partial charge in [-0.3, -0.25) is 10.2 Å². The molecular weight excluding hydrogens is 572 g/mol. The fourth-order valence-electron chi connectivity index (χ4n) is 4.52. The van der Waals surface area contributed by atoms with Gasteiger partial charge in [-0.25, -0.2) is 4.98 Å². The first-order valence-corrected chi connectivity index (χ1v) is 14.0. The normalized spacial score (nSPS) is 13.6. The summed E-state index contributed by atoms with van der Waals surface area (Å²) in [4.78, 5) is 30.9. The van der Waals surface area contributed by atoms with Gasteiger partial charge >= 0.3 is 0 Å². The van der Waals surface area contributed by atoms with Gasteiger partial charge in [-0.05, 0) is 48.4 Å². The molecule has 13 nitrogen and oxygen atoms in total. The molecule has 1 saturated heterocycles. The Hall–Kier alpha value is -4.59. The Bertz CT molecular complexity index is 1660. The van der Waals surface area contributed by atoms with Crippen LogP contribution in [0.25, 0.3) is 22.4 Å². The van der Waals surface area contributed by atoms with Gasteiger partial charge in [0.15, 0.2) is 5.96 Å². The number of aromatic nitrogens is 3. The van der Waals surface area contributed by atoms with Crippen LogP contribution in [0.1, 0.15) is 17.2 Å². The molecule has 43 heavy (non-hydrogen) atoms. The van der Waals surface area contributed by atoms with Crippen LogP contribution < -0.4 is 27.2 Å². The first kappa shape index (κ1) is 31.3. The number of hydrogen-bond donors (Lipinski definition) is 7. The molecule has 1 atom stereocenters. The van der Waals surface area contributed by atoms with E-state index in [4.69, 9.17) is 38.2 Å². The van der Waals surface area contributed by atoms with Crippen molar-refractivity contribution in [2.24, 2.45) is 16.5 Å². The van der Waals surface area contributed by atoms with E-state index in [1.165, 1.54) is 4.90 Å². The molecule has 9 N–H and O–H groups in total. The van der Waals surface area contributed by atoms with E-state index >= 15 is 0 Å². The van der Waals surface area contributed by atoms with E-state index in [9.17, 15) is 9.90 Å². The molecular formula is C29H37ClN10O3. The van der Waals surface area contributed by atoms with Crippen LogP contribution in [-0.2, 0) is 4.74 Å². The number of aromatic amines is 2. The molecule has 0 bridgehead atoms. The third-order valence-electron chi connectivity index (χ3n) is 6.71. The van der Waals surface area contributed by atoms with Crippen molar-refractivity contribution in [3.63, 3.8) is 0 Å². The smallest absolute Gasteiger partial charge is 0.261 e. The number of ether oxygens (including phenoxy) is 1. The lowest BCUT2D eigenvalue weighted by atomic mass is 10.1. The molecule has 0 saturated carbocycles. The summed E-state index contributed by atoms with van der Waals surface area (Å²) in [5.74, 6) is 0.433. The highest BCUT2D eigenvalue weighted by molar-refractivity contribution is 6.30. The molecule has 0 radical (unpaired) electrons. The molecule has 0 spiro atoms. The summed E-state index contributed by atoms with van der Waals surface area (Å²) in [5, 5.41) is 21.4. The van der Waals surface area contributed by atoms with Crippen LogP contribution >= 0.6 is 11.6 Å². The zero-order chi connectivity index (χ0) is 31.1. The maximum atomic E-state index is 12.8. The van der Waals surface area contributed by atoms with Crippen molar-refractivity contribution in [2.75, 3.05) is 57.2 Å². The minimum absolute atomic E-state index is 0.0509. The van der Waals surface area contributed by atoms with Crippen LogP contribution in [0.5, 0.6) is 0 Å². The average Bonchev–Trinajstić information content (AvgIpc) is 3.40. The van der Waals surface area contributed by atoms with E-state index in [1.54, 1.807) is 44.6 Å². The maximum absolute atomic E-state index is 12.8. The van der Waals surface area contributed by atoms with Crippen LogP contribution in [0.15, 0.2) is 58.4 Å². The Kier molecular flexibility index (Phi) is 10.2. The van der Waals surface area contributed by atoms with Crippen molar-refractivity contribution in [3.8, 4) is 11.4 Å². The van der Waals surface area contributed by atoms with Gasteiger partial charge in [0.25, 0.3) is 5.56 Å². The zero-order valence-corrected chi connectivity index (χ0v) is 25.1. The summed E-state index contributed by atoms with van der Waals surface area (Å²) in [6, 6.07) is 13.0. The number of nitrogens with one attached hydrogen (secondary N) is 4. The van der Waals surface area contributed by atoms with E-state index in [-0.39, 0.29) is 24.0 Å². The lowest BCUT2D eigenvalue weighted by Crippen LogP contribution is -2.36. The number of nitrogens with two attached hydrogens (primary N) is 2. The van der Waals surface area contributed by atoms with E-state index in [0.717, 1.165) is 35.4 Å². The number of nitrogens with zero attached hydrogens (tertiary/aromatic N) is 4. The van der Waals surface area contributed by atoms with Crippen LogP contribution in [0.4, 0.5) is 11.4 Å². The van der Waals surface area contributed by atoms with Gasteiger partial charge in [0.1, 0.15) is 11.4 Å². The van der Waals surface area contributed by atoms with Crippen molar-refractivity contribution >= 4 is 45.9 Å². The highest BCUT2D eigenvalue weighted by atomic mass is 35.5. The van der Waals surface area contributed by atoms with Gasteiger partial charge in [0.05, 0.1) is 36.0 Å². The molecule has 1 aliphatic heterocycles. The number of guanidine groups is 2. The number of H-pyrrole nitrogens is 2. The predicted octanol–water partition coefficient (Wildman–Crippen LogP) is 2.62. The second-order valence-electron chi connectivity index (χ2n) is 10.1. The summed E-state index contributed by atoms with van der Waals surface area (Å²) in [6.45, 7) is 5.33. The number of rotatable bonds is 6. The number of halogens is 1. The van der Waals surface area contributed by atoms with E-state index in [0.29, 0.717) is 40.9 Å². The largest absolute Gasteiger partial charge is 0.387 e. The fraction of sp³-hybridized carbons (Fsp3) is 0.310. The molecule has 3 heterocycles. The highest BCUT2D eigenvalue weighted by Crippen LogP contribution is 2.30. The van der Waals surface area contributed by atoms with Gasteiger partial charge in [-0.1, -0.05) is 23.7 Å². The lowest BCUT2D eigenvalue weighted by Gasteiger charge is -2.29. The highest BCUT2D eigenvalue weighted by Gasteiger charge is 2.19. The number of imidazole rings is 1. The number of benzene rings is 2. The summed E-state index contributed by atoms with van der Waals surface area (Å²) < 4.78 is 5.47. The Morgan fingerprint density at radius 2 is 2.00 bits per heavy atom. The Morgan fingerprint density at radius 3 is 2.65 bits per heavy atom. The number of aliphatic imine (C=N–C) groups is 1. The SMILES string of the molecule is CN(C)C(=N)N=C(N)N.Cc1cc(N2CCOCC2)cc2[nH]c(-c3c(NC[C@@H](O)c4cccc(Cl)c4)cc[nH]c3=O)nc12. The molecule has 2 aromatic carbocycles.